The lowest BCUT2D eigenvalue weighted by atomic mass is 10.0. The van der Waals surface area contributed by atoms with Crippen molar-refractivity contribution in [3.8, 4) is 0 Å². The molecule has 6 heteroatoms. The molecule has 0 aromatic rings. The lowest BCUT2D eigenvalue weighted by Crippen LogP contribution is -2.46. The molecule has 3 unspecified atom stereocenters. The van der Waals surface area contributed by atoms with E-state index in [0.717, 1.165) is 51.4 Å². The van der Waals surface area contributed by atoms with Crippen molar-refractivity contribution >= 4 is 11.9 Å². The maximum Gasteiger partial charge on any atom is 0.306 e. The molecule has 0 heterocycles. The number of rotatable bonds is 42. The predicted octanol–water partition coefficient (Wildman–Crippen LogP) is 14.9. The molecule has 0 saturated carbocycles. The van der Waals surface area contributed by atoms with Gasteiger partial charge in [0.25, 0.3) is 0 Å². The molecule has 0 aliphatic heterocycles. The van der Waals surface area contributed by atoms with Gasteiger partial charge < -0.3 is 20.3 Å². The summed E-state index contributed by atoms with van der Waals surface area (Å²) in [6, 6.07) is -0.747. The van der Waals surface area contributed by atoms with E-state index in [1.54, 1.807) is 0 Å². The van der Waals surface area contributed by atoms with Crippen molar-refractivity contribution in [2.75, 3.05) is 6.61 Å². The Morgan fingerprint density at radius 2 is 0.871 bits per heavy atom. The van der Waals surface area contributed by atoms with Crippen LogP contribution in [0.15, 0.2) is 122 Å². The summed E-state index contributed by atoms with van der Waals surface area (Å²) in [5.41, 5.74) is 0. The average Bonchev–Trinajstić information content (AvgIpc) is 3.26. The Morgan fingerprint density at radius 1 is 0.484 bits per heavy atom. The van der Waals surface area contributed by atoms with Crippen LogP contribution in [0.25, 0.3) is 0 Å². The highest BCUT2D eigenvalue weighted by Crippen LogP contribution is 2.16. The SMILES string of the molecule is CC/C=C/C=C/C=C\C=C/C=C/CCCC(=O)OC(CCC/C=C/C=C\C=C/C=C/C=C/CC)CC(=O)NC(CO)C(O)CCCCCCCCCCCCCCCCCCC. The van der Waals surface area contributed by atoms with Gasteiger partial charge in [0.05, 0.1) is 25.2 Å². The van der Waals surface area contributed by atoms with Crippen LogP contribution in [-0.4, -0.2) is 46.9 Å². The Labute approximate surface area is 380 Å². The fourth-order valence-corrected chi connectivity index (χ4v) is 6.84. The largest absolute Gasteiger partial charge is 0.462 e. The Kier molecular flexibility index (Phi) is 45.4. The van der Waals surface area contributed by atoms with Crippen LogP contribution in [0, 0.1) is 0 Å². The first-order chi connectivity index (χ1) is 30.5. The molecule has 0 aromatic heterocycles. The number of hydrogen-bond donors (Lipinski definition) is 3. The van der Waals surface area contributed by atoms with E-state index < -0.39 is 18.2 Å². The van der Waals surface area contributed by atoms with E-state index in [2.05, 4.69) is 44.3 Å². The fourth-order valence-electron chi connectivity index (χ4n) is 6.84. The molecule has 0 aliphatic carbocycles. The van der Waals surface area contributed by atoms with Crippen LogP contribution in [0.2, 0.25) is 0 Å². The van der Waals surface area contributed by atoms with Crippen LogP contribution in [0.1, 0.15) is 194 Å². The highest BCUT2D eigenvalue weighted by molar-refractivity contribution is 5.77. The molecule has 0 rings (SSSR count). The summed E-state index contributed by atoms with van der Waals surface area (Å²) in [5.74, 6) is -0.648. The fraction of sp³-hybridized carbons (Fsp3) is 0.607. The van der Waals surface area contributed by atoms with E-state index in [-0.39, 0.29) is 31.3 Å². The van der Waals surface area contributed by atoms with E-state index in [1.165, 1.54) is 89.9 Å². The third-order valence-corrected chi connectivity index (χ3v) is 10.5. The molecule has 0 aromatic carbocycles. The monoisotopic (exact) mass is 858 g/mol. The van der Waals surface area contributed by atoms with Crippen LogP contribution in [0.3, 0.4) is 0 Å². The first-order valence-corrected chi connectivity index (χ1v) is 24.9. The second-order valence-corrected chi connectivity index (χ2v) is 16.3. The van der Waals surface area contributed by atoms with Gasteiger partial charge in [0, 0.05) is 6.42 Å². The van der Waals surface area contributed by atoms with E-state index in [4.69, 9.17) is 4.74 Å². The van der Waals surface area contributed by atoms with Crippen molar-refractivity contribution in [2.45, 2.75) is 212 Å². The number of carbonyl (C=O) groups is 2. The molecule has 0 spiro atoms. The standard InChI is InChI=1S/C56H91NO5/c1-4-7-10-13-16-19-22-25-26-27-28-31-33-36-39-42-45-48-54(59)53(51-58)57-55(60)50-52(47-44-41-38-35-32-29-23-20-17-14-11-8-5-2)62-56(61)49-46-43-40-37-34-30-24-21-18-15-12-9-6-3/h8-9,11-12,14-15,17-18,20-21,23-24,29-30,32,34-35,37-38,40,52-54,58-59H,4-7,10,13,16,19,22,25-28,31,33,36,39,41-51H2,1-3H3,(H,57,60)/b11-8+,12-9+,17-14+,18-15+,23-20-,24-21-,32-29-,34-30-,38-35+,40-37+. The molecule has 6 nitrogen and oxygen atoms in total. The van der Waals surface area contributed by atoms with Crippen LogP contribution in [0.4, 0.5) is 0 Å². The normalized spacial score (nSPS) is 14.3. The lowest BCUT2D eigenvalue weighted by molar-refractivity contribution is -0.151. The van der Waals surface area contributed by atoms with Gasteiger partial charge in [0.2, 0.25) is 5.91 Å². The lowest BCUT2D eigenvalue weighted by Gasteiger charge is -2.24. The smallest absolute Gasteiger partial charge is 0.306 e. The van der Waals surface area contributed by atoms with Crippen molar-refractivity contribution in [1.29, 1.82) is 0 Å². The van der Waals surface area contributed by atoms with Crippen molar-refractivity contribution in [3.63, 3.8) is 0 Å². The highest BCUT2D eigenvalue weighted by atomic mass is 16.5. The van der Waals surface area contributed by atoms with Crippen LogP contribution in [-0.2, 0) is 14.3 Å². The minimum atomic E-state index is -0.827. The minimum absolute atomic E-state index is 0.00818. The summed E-state index contributed by atoms with van der Waals surface area (Å²) < 4.78 is 5.84. The zero-order chi connectivity index (χ0) is 45.2. The molecular weight excluding hydrogens is 767 g/mol. The number of hydrogen-bond acceptors (Lipinski definition) is 5. The van der Waals surface area contributed by atoms with Crippen molar-refractivity contribution in [1.82, 2.24) is 5.32 Å². The molecule has 0 saturated heterocycles. The van der Waals surface area contributed by atoms with Crippen LogP contribution in [0.5, 0.6) is 0 Å². The molecular formula is C56H91NO5. The maximum absolute atomic E-state index is 13.2. The van der Waals surface area contributed by atoms with Gasteiger partial charge >= 0.3 is 5.97 Å². The summed E-state index contributed by atoms with van der Waals surface area (Å²) in [7, 11) is 0. The van der Waals surface area contributed by atoms with Gasteiger partial charge in [-0.25, -0.2) is 0 Å². The Balaban J connectivity index is 4.74. The summed E-state index contributed by atoms with van der Waals surface area (Å²) in [6.45, 7) is 6.14. The molecule has 1 amide bonds. The Morgan fingerprint density at radius 3 is 1.29 bits per heavy atom. The van der Waals surface area contributed by atoms with E-state index in [1.807, 2.05) is 103 Å². The first-order valence-electron chi connectivity index (χ1n) is 24.9. The maximum atomic E-state index is 13.2. The number of aliphatic hydroxyl groups excluding tert-OH is 2. The minimum Gasteiger partial charge on any atom is -0.462 e. The quantitative estimate of drug-likeness (QED) is 0.0323. The molecule has 3 N–H and O–H groups in total. The molecule has 62 heavy (non-hydrogen) atoms. The topological polar surface area (TPSA) is 95.9 Å². The van der Waals surface area contributed by atoms with E-state index >= 15 is 0 Å². The number of carbonyl (C=O) groups excluding carboxylic acids is 2. The molecule has 3 atom stereocenters. The number of amides is 1. The first kappa shape index (κ1) is 58.3. The van der Waals surface area contributed by atoms with Crippen LogP contribution >= 0.6 is 0 Å². The van der Waals surface area contributed by atoms with Gasteiger partial charge in [-0.05, 0) is 51.4 Å². The predicted molar refractivity (Wildman–Crippen MR) is 268 cm³/mol. The average molecular weight is 858 g/mol. The van der Waals surface area contributed by atoms with Gasteiger partial charge in [-0.1, -0.05) is 251 Å². The summed E-state index contributed by atoms with van der Waals surface area (Å²) in [6.07, 6.45) is 67.0. The van der Waals surface area contributed by atoms with Gasteiger partial charge in [-0.2, -0.15) is 0 Å². The number of allylic oxidation sites excluding steroid dienone is 20. The van der Waals surface area contributed by atoms with Crippen molar-refractivity contribution in [3.05, 3.63) is 122 Å². The number of ether oxygens (including phenoxy) is 1. The molecule has 350 valence electrons. The van der Waals surface area contributed by atoms with Crippen LogP contribution < -0.4 is 5.32 Å². The third kappa shape index (κ3) is 42.9. The second-order valence-electron chi connectivity index (χ2n) is 16.3. The van der Waals surface area contributed by atoms with Gasteiger partial charge in [-0.3, -0.25) is 9.59 Å². The zero-order valence-corrected chi connectivity index (χ0v) is 39.7. The van der Waals surface area contributed by atoms with Crippen molar-refractivity contribution in [2.24, 2.45) is 0 Å². The highest BCUT2D eigenvalue weighted by Gasteiger charge is 2.24. The summed E-state index contributed by atoms with van der Waals surface area (Å²) in [5, 5.41) is 23.7. The van der Waals surface area contributed by atoms with Gasteiger partial charge in [-0.15, -0.1) is 0 Å². The summed E-state index contributed by atoms with van der Waals surface area (Å²) in [4.78, 5) is 26.0. The van der Waals surface area contributed by atoms with Gasteiger partial charge in [0.1, 0.15) is 6.10 Å². The second kappa shape index (κ2) is 48.3. The van der Waals surface area contributed by atoms with Crippen molar-refractivity contribution < 1.29 is 24.5 Å². The Bertz CT molecular complexity index is 1330. The third-order valence-electron chi connectivity index (χ3n) is 10.5. The number of unbranched alkanes of at least 4 members (excludes halogenated alkanes) is 18. The number of aliphatic hydroxyl groups is 2. The van der Waals surface area contributed by atoms with E-state index in [9.17, 15) is 19.8 Å². The molecule has 0 fully saturated rings. The number of nitrogens with one attached hydrogen (secondary N) is 1. The molecule has 0 radical (unpaired) electrons. The molecule has 0 aliphatic rings. The van der Waals surface area contributed by atoms with Gasteiger partial charge in [0.15, 0.2) is 0 Å². The Hall–Kier alpha value is -3.74. The molecule has 0 bridgehead atoms. The number of esters is 1. The zero-order valence-electron chi connectivity index (χ0n) is 39.7. The van der Waals surface area contributed by atoms with E-state index in [0.29, 0.717) is 19.3 Å². The summed E-state index contributed by atoms with van der Waals surface area (Å²) >= 11 is 0.